The van der Waals surface area contributed by atoms with E-state index in [1.54, 1.807) is 17.1 Å². The molecule has 7 heteroatoms. The molecule has 0 aliphatic rings. The molecule has 3 aromatic rings. The molecule has 2 aromatic heterocycles. The van der Waals surface area contributed by atoms with Crippen molar-refractivity contribution < 1.29 is 5.21 Å². The molecule has 0 unspecified atom stereocenters. The second-order valence-corrected chi connectivity index (χ2v) is 3.36. The lowest BCUT2D eigenvalue weighted by Crippen LogP contribution is -2.00. The number of nitrogens with zero attached hydrogens (tertiary/aromatic N) is 6. The second-order valence-electron chi connectivity index (χ2n) is 3.36. The molecular weight excluding hydrogens is 208 g/mol. The Bertz CT molecular complexity index is 614. The average molecular weight is 216 g/mol. The van der Waals surface area contributed by atoms with Crippen LogP contribution in [0.4, 0.5) is 0 Å². The second kappa shape index (κ2) is 3.30. The van der Waals surface area contributed by atoms with E-state index in [9.17, 15) is 5.21 Å². The summed E-state index contributed by atoms with van der Waals surface area (Å²) in [5.41, 5.74) is 2.18. The minimum absolute atomic E-state index is 0.552. The number of hydrogen-bond acceptors (Lipinski definition) is 5. The van der Waals surface area contributed by atoms with Crippen molar-refractivity contribution in [3.63, 3.8) is 0 Å². The van der Waals surface area contributed by atoms with Gasteiger partial charge in [-0.15, -0.1) is 5.10 Å². The molecular formula is C9H8N6O. The lowest BCUT2D eigenvalue weighted by Gasteiger charge is -2.01. The number of aromatic nitrogens is 6. The Kier molecular flexibility index (Phi) is 1.82. The molecule has 0 radical (unpaired) electrons. The van der Waals surface area contributed by atoms with Gasteiger partial charge in [-0.25, -0.2) is 9.67 Å². The fraction of sp³-hybridized carbons (Fsp3) is 0.111. The first kappa shape index (κ1) is 8.84. The summed E-state index contributed by atoms with van der Waals surface area (Å²) in [6, 6.07) is 5.50. The van der Waals surface area contributed by atoms with Gasteiger partial charge in [0.05, 0.1) is 6.54 Å². The molecule has 0 bridgehead atoms. The number of rotatable bonds is 2. The third-order valence-corrected chi connectivity index (χ3v) is 2.34. The van der Waals surface area contributed by atoms with Gasteiger partial charge in [0.2, 0.25) is 0 Å². The fourth-order valence-electron chi connectivity index (χ4n) is 1.61. The van der Waals surface area contributed by atoms with Gasteiger partial charge in [0, 0.05) is 5.56 Å². The van der Waals surface area contributed by atoms with E-state index >= 15 is 0 Å². The maximum absolute atomic E-state index is 9.37. The monoisotopic (exact) mass is 216 g/mol. The van der Waals surface area contributed by atoms with Crippen molar-refractivity contribution in [3.05, 3.63) is 36.4 Å². The van der Waals surface area contributed by atoms with E-state index in [1.165, 1.54) is 6.33 Å². The summed E-state index contributed by atoms with van der Waals surface area (Å²) in [6.45, 7) is 0.552. The molecule has 80 valence electrons. The third-order valence-electron chi connectivity index (χ3n) is 2.34. The van der Waals surface area contributed by atoms with Crippen LogP contribution in [0.15, 0.2) is 30.9 Å². The predicted molar refractivity (Wildman–Crippen MR) is 53.8 cm³/mol. The van der Waals surface area contributed by atoms with Gasteiger partial charge in [-0.05, 0) is 11.3 Å². The molecule has 0 amide bonds. The predicted octanol–water partition coefficient (Wildman–Crippen LogP) is 0.308. The summed E-state index contributed by atoms with van der Waals surface area (Å²) in [4.78, 5) is 4.63. The summed E-state index contributed by atoms with van der Waals surface area (Å²) in [5.74, 6) is 0. The summed E-state index contributed by atoms with van der Waals surface area (Å²) < 4.78 is 1.69. The highest BCUT2D eigenvalue weighted by Gasteiger charge is 2.08. The van der Waals surface area contributed by atoms with Gasteiger partial charge in [-0.1, -0.05) is 17.0 Å². The lowest BCUT2D eigenvalue weighted by atomic mass is 10.2. The quantitative estimate of drug-likeness (QED) is 0.623. The van der Waals surface area contributed by atoms with Gasteiger partial charge in [0.25, 0.3) is 0 Å². The molecule has 2 heterocycles. The van der Waals surface area contributed by atoms with Crippen LogP contribution in [0.2, 0.25) is 0 Å². The van der Waals surface area contributed by atoms with Crippen LogP contribution < -0.4 is 0 Å². The molecule has 0 saturated carbocycles. The van der Waals surface area contributed by atoms with Gasteiger partial charge in [-0.3, -0.25) is 0 Å². The van der Waals surface area contributed by atoms with Crippen LogP contribution in [0, 0.1) is 0 Å². The van der Waals surface area contributed by atoms with Gasteiger partial charge < -0.3 is 5.21 Å². The minimum atomic E-state index is 0.552. The number of hydrogen-bond donors (Lipinski definition) is 1. The van der Waals surface area contributed by atoms with E-state index in [2.05, 4.69) is 20.4 Å². The zero-order valence-electron chi connectivity index (χ0n) is 8.22. The first-order chi connectivity index (χ1) is 7.84. The highest BCUT2D eigenvalue weighted by molar-refractivity contribution is 5.77. The van der Waals surface area contributed by atoms with E-state index in [0.29, 0.717) is 17.6 Å². The zero-order chi connectivity index (χ0) is 11.0. The average Bonchev–Trinajstić information content (AvgIpc) is 2.90. The van der Waals surface area contributed by atoms with Crippen LogP contribution in [0.5, 0.6) is 0 Å². The number of benzene rings is 1. The highest BCUT2D eigenvalue weighted by Crippen LogP contribution is 2.15. The fourth-order valence-corrected chi connectivity index (χ4v) is 1.61. The SMILES string of the molecule is On1nnc2c(Cn3cncn3)cccc21. The minimum Gasteiger partial charge on any atom is -0.410 e. The molecule has 0 spiro atoms. The summed E-state index contributed by atoms with van der Waals surface area (Å²) >= 11 is 0. The molecule has 0 atom stereocenters. The van der Waals surface area contributed by atoms with Crippen LogP contribution in [0.3, 0.4) is 0 Å². The molecule has 0 aliphatic carbocycles. The largest absolute Gasteiger partial charge is 0.410 e. The smallest absolute Gasteiger partial charge is 0.137 e. The molecule has 7 nitrogen and oxygen atoms in total. The van der Waals surface area contributed by atoms with E-state index in [1.807, 2.05) is 12.1 Å². The van der Waals surface area contributed by atoms with Crippen LogP contribution in [0.25, 0.3) is 11.0 Å². The first-order valence-corrected chi connectivity index (χ1v) is 4.69. The van der Waals surface area contributed by atoms with Crippen molar-refractivity contribution in [2.75, 3.05) is 0 Å². The number of fused-ring (bicyclic) bond motifs is 1. The third kappa shape index (κ3) is 1.29. The maximum Gasteiger partial charge on any atom is 0.137 e. The molecule has 3 rings (SSSR count). The maximum atomic E-state index is 9.37. The van der Waals surface area contributed by atoms with Crippen molar-refractivity contribution in [1.29, 1.82) is 0 Å². The van der Waals surface area contributed by atoms with Crippen molar-refractivity contribution in [2.45, 2.75) is 6.54 Å². The van der Waals surface area contributed by atoms with Crippen LogP contribution in [-0.2, 0) is 6.54 Å². The Balaban J connectivity index is 2.10. The van der Waals surface area contributed by atoms with Crippen molar-refractivity contribution in [3.8, 4) is 0 Å². The van der Waals surface area contributed by atoms with Crippen LogP contribution >= 0.6 is 0 Å². The summed E-state index contributed by atoms with van der Waals surface area (Å²) in [7, 11) is 0. The van der Waals surface area contributed by atoms with E-state index < -0.39 is 0 Å². The summed E-state index contributed by atoms with van der Waals surface area (Å²) in [6.07, 6.45) is 3.10. The lowest BCUT2D eigenvalue weighted by molar-refractivity contribution is 0.155. The van der Waals surface area contributed by atoms with Crippen molar-refractivity contribution in [1.82, 2.24) is 29.9 Å². The Morgan fingerprint density at radius 2 is 2.25 bits per heavy atom. The van der Waals surface area contributed by atoms with Crippen LogP contribution in [0.1, 0.15) is 5.56 Å². The van der Waals surface area contributed by atoms with E-state index in [0.717, 1.165) is 10.4 Å². The van der Waals surface area contributed by atoms with Crippen LogP contribution in [-0.4, -0.2) is 35.1 Å². The molecule has 1 aromatic carbocycles. The normalized spacial score (nSPS) is 11.0. The van der Waals surface area contributed by atoms with E-state index in [4.69, 9.17) is 0 Å². The Hall–Kier alpha value is -2.44. The van der Waals surface area contributed by atoms with Gasteiger partial charge in [0.1, 0.15) is 23.7 Å². The van der Waals surface area contributed by atoms with E-state index in [-0.39, 0.29) is 0 Å². The summed E-state index contributed by atoms with van der Waals surface area (Å²) in [5, 5.41) is 20.8. The van der Waals surface area contributed by atoms with Gasteiger partial charge in [-0.2, -0.15) is 5.10 Å². The topological polar surface area (TPSA) is 81.6 Å². The molecule has 0 fully saturated rings. The Morgan fingerprint density at radius 1 is 1.31 bits per heavy atom. The Morgan fingerprint density at radius 3 is 3.06 bits per heavy atom. The molecule has 0 aliphatic heterocycles. The standard InChI is InChI=1S/C9H8N6O/c16-15-8-3-1-2-7(9(8)12-13-15)4-14-6-10-5-11-14/h1-3,5-6,16H,4H2. The van der Waals surface area contributed by atoms with Crippen molar-refractivity contribution in [2.24, 2.45) is 0 Å². The molecule has 1 N–H and O–H groups in total. The van der Waals surface area contributed by atoms with Gasteiger partial charge in [0.15, 0.2) is 0 Å². The highest BCUT2D eigenvalue weighted by atomic mass is 16.5. The first-order valence-electron chi connectivity index (χ1n) is 4.69. The van der Waals surface area contributed by atoms with Gasteiger partial charge >= 0.3 is 0 Å². The molecule has 0 saturated heterocycles. The molecule has 16 heavy (non-hydrogen) atoms. The van der Waals surface area contributed by atoms with Crippen molar-refractivity contribution >= 4 is 11.0 Å². The zero-order valence-corrected chi connectivity index (χ0v) is 8.22. The Labute approximate surface area is 89.9 Å².